The molecular weight excluding hydrogens is 412 g/mol. The third-order valence-corrected chi connectivity index (χ3v) is 4.87. The van der Waals surface area contributed by atoms with E-state index in [-0.39, 0.29) is 21.1 Å². The van der Waals surface area contributed by atoms with Gasteiger partial charge in [0.05, 0.1) is 0 Å². The van der Waals surface area contributed by atoms with Crippen LogP contribution in [0.25, 0.3) is 0 Å². The van der Waals surface area contributed by atoms with Gasteiger partial charge in [-0.3, -0.25) is 0 Å². The fourth-order valence-electron chi connectivity index (χ4n) is 3.61. The van der Waals surface area contributed by atoms with E-state index in [0.29, 0.717) is 0 Å². The molecule has 2 aliphatic rings. The van der Waals surface area contributed by atoms with Crippen molar-refractivity contribution >= 4 is 0 Å². The van der Waals surface area contributed by atoms with Crippen molar-refractivity contribution in [1.29, 1.82) is 0 Å². The molecule has 0 heterocycles. The zero-order valence-electron chi connectivity index (χ0n) is 14.1. The second-order valence-electron chi connectivity index (χ2n) is 6.71. The van der Waals surface area contributed by atoms with Crippen molar-refractivity contribution in [2.24, 2.45) is 5.92 Å². The molecule has 0 saturated heterocycles. The largest absolute Gasteiger partial charge is 0.314 e. The smallest absolute Gasteiger partial charge is 0 e. The van der Waals surface area contributed by atoms with Gasteiger partial charge in [-0.2, -0.15) is 19.3 Å². The van der Waals surface area contributed by atoms with Crippen molar-refractivity contribution in [3.63, 3.8) is 0 Å². The Morgan fingerprint density at radius 1 is 0.800 bits per heavy atom. The van der Waals surface area contributed by atoms with E-state index < -0.39 is 0 Å². The van der Waals surface area contributed by atoms with Crippen LogP contribution >= 0.6 is 0 Å². The van der Waals surface area contributed by atoms with Crippen molar-refractivity contribution in [2.75, 3.05) is 0 Å². The molecule has 0 nitrogen and oxygen atoms in total. The molecule has 0 radical (unpaired) electrons. The van der Waals surface area contributed by atoms with E-state index in [1.807, 2.05) is 5.92 Å². The Morgan fingerprint density at radius 3 is 1.95 bits per heavy atom. The van der Waals surface area contributed by atoms with E-state index in [9.17, 15) is 0 Å². The molecule has 0 unspecified atom stereocenters. The predicted molar refractivity (Wildman–Crippen MR) is 87.3 cm³/mol. The molecule has 120 valence electrons. The summed E-state index contributed by atoms with van der Waals surface area (Å²) in [5.74, 6) is 2.96. The summed E-state index contributed by atoms with van der Waals surface area (Å²) in [5, 5.41) is 0. The number of hydrogen-bond donors (Lipinski definition) is 0. The molecule has 0 spiro atoms. The summed E-state index contributed by atoms with van der Waals surface area (Å²) in [6.45, 7) is 4.58. The molecule has 0 aliphatic heterocycles. The molecule has 2 saturated carbocycles. The molecule has 0 atom stereocenters. The number of rotatable bonds is 5. The molecule has 0 amide bonds. The summed E-state index contributed by atoms with van der Waals surface area (Å²) in [5.41, 5.74) is 0. The number of unbranched alkanes of at least 4 members (excludes halogenated alkanes) is 1. The van der Waals surface area contributed by atoms with Crippen molar-refractivity contribution in [3.05, 3.63) is 5.92 Å². The Morgan fingerprint density at radius 2 is 1.40 bits per heavy atom. The fourth-order valence-corrected chi connectivity index (χ4v) is 3.61. The zero-order chi connectivity index (χ0) is 13.8. The zero-order valence-corrected chi connectivity index (χ0v) is 17.0. The first kappa shape index (κ1) is 20.7. The first-order chi connectivity index (χ1) is 9.36. The molecule has 0 bridgehead atoms. The second kappa shape index (κ2) is 14.6. The Hall–Kier alpha value is 0.688. The van der Waals surface area contributed by atoms with Gasteiger partial charge in [0.1, 0.15) is 0 Å². The first-order valence-corrected chi connectivity index (χ1v) is 9.20. The first-order valence-electron chi connectivity index (χ1n) is 9.20. The van der Waals surface area contributed by atoms with Crippen molar-refractivity contribution in [2.45, 2.75) is 110 Å². The van der Waals surface area contributed by atoms with E-state index in [1.54, 1.807) is 0 Å². The van der Waals surface area contributed by atoms with Crippen LogP contribution in [0.2, 0.25) is 0 Å². The van der Waals surface area contributed by atoms with Crippen LogP contribution in [-0.2, 0) is 21.1 Å². The van der Waals surface area contributed by atoms with Crippen LogP contribution in [0.1, 0.15) is 110 Å². The van der Waals surface area contributed by atoms with Crippen LogP contribution in [0.5, 0.6) is 0 Å². The molecule has 0 N–H and O–H groups in total. The van der Waals surface area contributed by atoms with E-state index in [0.717, 1.165) is 5.92 Å². The maximum Gasteiger partial charge on any atom is 0 e. The van der Waals surface area contributed by atoms with Gasteiger partial charge in [0, 0.05) is 21.1 Å². The molecule has 2 fully saturated rings. The molecule has 2 rings (SSSR count). The third kappa shape index (κ3) is 10.4. The van der Waals surface area contributed by atoms with Crippen molar-refractivity contribution < 1.29 is 21.1 Å². The fraction of sp³-hybridized carbons (Fsp3) is 0.947. The summed E-state index contributed by atoms with van der Waals surface area (Å²) in [7, 11) is 0. The van der Waals surface area contributed by atoms with E-state index in [4.69, 9.17) is 0 Å². The second-order valence-corrected chi connectivity index (χ2v) is 6.71. The van der Waals surface area contributed by atoms with Crippen LogP contribution in [0.15, 0.2) is 0 Å². The summed E-state index contributed by atoms with van der Waals surface area (Å²) < 4.78 is 0. The summed E-state index contributed by atoms with van der Waals surface area (Å²) in [4.78, 5) is 0. The topological polar surface area (TPSA) is 0 Å². The van der Waals surface area contributed by atoms with E-state index in [1.165, 1.54) is 96.3 Å². The molecule has 0 aromatic rings. The average molecular weight is 449 g/mol. The molecule has 2 aliphatic carbocycles. The van der Waals surface area contributed by atoms with Gasteiger partial charge in [-0.1, -0.05) is 90.9 Å². The Labute approximate surface area is 143 Å². The van der Waals surface area contributed by atoms with Crippen molar-refractivity contribution in [3.8, 4) is 0 Å². The number of hydrogen-bond acceptors (Lipinski definition) is 0. The minimum Gasteiger partial charge on any atom is -0.314 e. The van der Waals surface area contributed by atoms with Gasteiger partial charge in [0.15, 0.2) is 0 Å². The van der Waals surface area contributed by atoms with Gasteiger partial charge in [-0.15, -0.1) is 0 Å². The summed E-state index contributed by atoms with van der Waals surface area (Å²) >= 11 is 0. The summed E-state index contributed by atoms with van der Waals surface area (Å²) in [6, 6.07) is 0. The SMILES string of the molecule is CCCC1CCCCC1.CCCC[C-]1CCCCC1.[W]. The maximum absolute atomic E-state index is 2.30. The standard InChI is InChI=1S/C10H19.C9H18.W/c1-2-3-7-10-8-5-4-6-9-10;1-2-6-9-7-4-3-5-8-9;/h2-9H2,1H3;9H,2-8H2,1H3;/q-1;;. The minimum absolute atomic E-state index is 0. The van der Waals surface area contributed by atoms with Gasteiger partial charge in [0.25, 0.3) is 0 Å². The molecule has 0 aromatic heterocycles. The van der Waals surface area contributed by atoms with Crippen LogP contribution in [0.4, 0.5) is 0 Å². The van der Waals surface area contributed by atoms with Crippen LogP contribution in [-0.4, -0.2) is 0 Å². The van der Waals surface area contributed by atoms with Crippen LogP contribution in [0.3, 0.4) is 0 Å². The predicted octanol–water partition coefficient (Wildman–Crippen LogP) is 7.08. The van der Waals surface area contributed by atoms with Gasteiger partial charge < -0.3 is 5.92 Å². The Balaban J connectivity index is 0.000000345. The Bertz CT molecular complexity index is 175. The van der Waals surface area contributed by atoms with Gasteiger partial charge in [0.2, 0.25) is 0 Å². The van der Waals surface area contributed by atoms with Gasteiger partial charge in [-0.05, 0) is 5.92 Å². The Kier molecular flexibility index (Phi) is 15.1. The minimum atomic E-state index is 0. The van der Waals surface area contributed by atoms with Gasteiger partial charge in [-0.25, -0.2) is 0 Å². The van der Waals surface area contributed by atoms with E-state index in [2.05, 4.69) is 13.8 Å². The summed E-state index contributed by atoms with van der Waals surface area (Å²) in [6.07, 6.45) is 22.0. The monoisotopic (exact) mass is 449 g/mol. The van der Waals surface area contributed by atoms with Crippen LogP contribution in [0, 0.1) is 11.8 Å². The normalized spacial score (nSPS) is 20.7. The third-order valence-electron chi connectivity index (χ3n) is 4.87. The maximum atomic E-state index is 2.30. The molecule has 0 aromatic carbocycles. The van der Waals surface area contributed by atoms with Gasteiger partial charge >= 0.3 is 0 Å². The van der Waals surface area contributed by atoms with E-state index >= 15 is 0 Å². The molecule has 1 heteroatoms. The average Bonchev–Trinajstić information content (AvgIpc) is 2.48. The van der Waals surface area contributed by atoms with Crippen molar-refractivity contribution in [1.82, 2.24) is 0 Å². The molecular formula is C19H37W-. The quantitative estimate of drug-likeness (QED) is 0.394. The molecule has 20 heavy (non-hydrogen) atoms. The van der Waals surface area contributed by atoms with Crippen LogP contribution < -0.4 is 0 Å².